The zero-order chi connectivity index (χ0) is 16.2. The van der Waals surface area contributed by atoms with E-state index in [1.165, 1.54) is 0 Å². The van der Waals surface area contributed by atoms with Crippen LogP contribution in [0.5, 0.6) is 0 Å². The molecule has 0 radical (unpaired) electrons. The number of rotatable bonds is 3. The average molecular weight is 323 g/mol. The van der Waals surface area contributed by atoms with Crippen LogP contribution in [0.3, 0.4) is 0 Å². The van der Waals surface area contributed by atoms with E-state index in [4.69, 9.17) is 11.6 Å². The highest BCUT2D eigenvalue weighted by molar-refractivity contribution is 6.31. The monoisotopic (exact) mass is 322 g/mol. The fraction of sp³-hybridized carbons (Fsp3) is 0.0526. The Hall–Kier alpha value is -2.65. The van der Waals surface area contributed by atoms with Gasteiger partial charge in [0, 0.05) is 16.1 Å². The molecule has 0 aliphatic rings. The summed E-state index contributed by atoms with van der Waals surface area (Å²) in [5, 5.41) is 6.99. The molecule has 3 aromatic rings. The second-order valence-electron chi connectivity index (χ2n) is 5.18. The number of amides is 1. The van der Waals surface area contributed by atoms with Crippen molar-refractivity contribution in [2.75, 3.05) is 0 Å². The number of hydrazone groups is 1. The lowest BCUT2D eigenvalue weighted by Gasteiger charge is -2.07. The van der Waals surface area contributed by atoms with Gasteiger partial charge in [-0.1, -0.05) is 60.1 Å². The molecular weight excluding hydrogens is 308 g/mol. The standard InChI is InChI=1S/C19H15ClN2O/c1-13(17-11-5-7-14-6-2-3-10-18(14)17)21-22-19(23)15-8-4-9-16(20)12-15/h2-12H,1H3,(H,22,23)/b21-13-. The SMILES string of the molecule is C/C(=N/NC(=O)c1cccc(Cl)c1)c1cccc2ccccc12. The first-order valence-electron chi connectivity index (χ1n) is 7.23. The smallest absolute Gasteiger partial charge is 0.267 e. The molecule has 3 rings (SSSR count). The molecule has 0 aromatic heterocycles. The molecule has 0 fully saturated rings. The lowest BCUT2D eigenvalue weighted by atomic mass is 10.0. The highest BCUT2D eigenvalue weighted by Crippen LogP contribution is 2.19. The molecule has 0 saturated heterocycles. The minimum absolute atomic E-state index is 0.285. The normalized spacial score (nSPS) is 11.5. The van der Waals surface area contributed by atoms with E-state index in [9.17, 15) is 4.79 Å². The van der Waals surface area contributed by atoms with Gasteiger partial charge in [-0.25, -0.2) is 5.43 Å². The lowest BCUT2D eigenvalue weighted by Crippen LogP contribution is -2.19. The van der Waals surface area contributed by atoms with Crippen LogP contribution in [0.25, 0.3) is 10.8 Å². The molecule has 0 aliphatic heterocycles. The number of nitrogens with one attached hydrogen (secondary N) is 1. The van der Waals surface area contributed by atoms with E-state index in [2.05, 4.69) is 22.7 Å². The fourth-order valence-electron chi connectivity index (χ4n) is 2.43. The van der Waals surface area contributed by atoms with Gasteiger partial charge in [0.25, 0.3) is 5.91 Å². The Morgan fingerprint density at radius 3 is 2.57 bits per heavy atom. The summed E-state index contributed by atoms with van der Waals surface area (Å²) >= 11 is 5.90. The predicted octanol–water partition coefficient (Wildman–Crippen LogP) is 4.65. The Morgan fingerprint density at radius 2 is 1.74 bits per heavy atom. The van der Waals surface area contributed by atoms with Crippen LogP contribution in [0.2, 0.25) is 5.02 Å². The molecule has 0 spiro atoms. The topological polar surface area (TPSA) is 41.5 Å². The maximum absolute atomic E-state index is 12.1. The van der Waals surface area contributed by atoms with Crippen molar-refractivity contribution < 1.29 is 4.79 Å². The number of benzene rings is 3. The number of carbonyl (C=O) groups excluding carboxylic acids is 1. The van der Waals surface area contributed by atoms with Crippen LogP contribution < -0.4 is 5.43 Å². The van der Waals surface area contributed by atoms with Gasteiger partial charge in [0.15, 0.2) is 0 Å². The van der Waals surface area contributed by atoms with Crippen LogP contribution in [-0.2, 0) is 0 Å². The van der Waals surface area contributed by atoms with Crippen molar-refractivity contribution in [1.29, 1.82) is 0 Å². The third-order valence-corrected chi connectivity index (χ3v) is 3.83. The summed E-state index contributed by atoms with van der Waals surface area (Å²) in [6.07, 6.45) is 0. The maximum atomic E-state index is 12.1. The zero-order valence-corrected chi connectivity index (χ0v) is 13.3. The molecule has 0 aliphatic carbocycles. The van der Waals surface area contributed by atoms with Crippen LogP contribution in [0, 0.1) is 0 Å². The number of carbonyl (C=O) groups is 1. The van der Waals surface area contributed by atoms with Crippen molar-refractivity contribution in [1.82, 2.24) is 5.43 Å². The third-order valence-electron chi connectivity index (χ3n) is 3.59. The first-order valence-corrected chi connectivity index (χ1v) is 7.61. The van der Waals surface area contributed by atoms with Crippen molar-refractivity contribution in [2.24, 2.45) is 5.10 Å². The molecule has 3 aromatic carbocycles. The van der Waals surface area contributed by atoms with Gasteiger partial charge < -0.3 is 0 Å². The molecule has 23 heavy (non-hydrogen) atoms. The summed E-state index contributed by atoms with van der Waals surface area (Å²) in [7, 11) is 0. The Labute approximate surface area is 139 Å². The van der Waals surface area contributed by atoms with E-state index in [0.717, 1.165) is 22.0 Å². The van der Waals surface area contributed by atoms with Crippen LogP contribution in [0.1, 0.15) is 22.8 Å². The van der Waals surface area contributed by atoms with E-state index in [-0.39, 0.29) is 5.91 Å². The van der Waals surface area contributed by atoms with Crippen molar-refractivity contribution in [3.63, 3.8) is 0 Å². The molecule has 0 atom stereocenters. The van der Waals surface area contributed by atoms with Gasteiger partial charge in [0.05, 0.1) is 5.71 Å². The van der Waals surface area contributed by atoms with E-state index >= 15 is 0 Å². The minimum atomic E-state index is -0.285. The molecule has 1 amide bonds. The van der Waals surface area contributed by atoms with Gasteiger partial charge in [0.2, 0.25) is 0 Å². The molecule has 1 N–H and O–H groups in total. The summed E-state index contributed by atoms with van der Waals surface area (Å²) in [5.74, 6) is -0.285. The molecule has 0 unspecified atom stereocenters. The Morgan fingerprint density at radius 1 is 1.00 bits per heavy atom. The molecule has 0 heterocycles. The summed E-state index contributed by atoms with van der Waals surface area (Å²) < 4.78 is 0. The first kappa shape index (κ1) is 15.3. The van der Waals surface area contributed by atoms with Gasteiger partial charge in [-0.05, 0) is 35.9 Å². The second kappa shape index (κ2) is 6.63. The highest BCUT2D eigenvalue weighted by Gasteiger charge is 2.07. The largest absolute Gasteiger partial charge is 0.271 e. The number of fused-ring (bicyclic) bond motifs is 1. The first-order chi connectivity index (χ1) is 11.1. The molecule has 0 bridgehead atoms. The molecule has 4 heteroatoms. The van der Waals surface area contributed by atoms with E-state index in [1.807, 2.05) is 37.3 Å². The zero-order valence-electron chi connectivity index (χ0n) is 12.6. The third kappa shape index (κ3) is 3.41. The van der Waals surface area contributed by atoms with Gasteiger partial charge in [0.1, 0.15) is 0 Å². The quantitative estimate of drug-likeness (QED) is 0.553. The van der Waals surface area contributed by atoms with Gasteiger partial charge in [-0.2, -0.15) is 5.10 Å². The van der Waals surface area contributed by atoms with E-state index < -0.39 is 0 Å². The molecule has 3 nitrogen and oxygen atoms in total. The van der Waals surface area contributed by atoms with Crippen LogP contribution in [0.15, 0.2) is 71.8 Å². The number of hydrogen-bond acceptors (Lipinski definition) is 2. The summed E-state index contributed by atoms with van der Waals surface area (Å²) in [6.45, 7) is 1.88. The Bertz CT molecular complexity index is 897. The molecular formula is C19H15ClN2O. The Kier molecular flexibility index (Phi) is 4.40. The number of hydrogen-bond donors (Lipinski definition) is 1. The summed E-state index contributed by atoms with van der Waals surface area (Å²) in [6, 6.07) is 20.9. The van der Waals surface area contributed by atoms with Crippen LogP contribution in [0.4, 0.5) is 0 Å². The van der Waals surface area contributed by atoms with Crippen molar-refractivity contribution in [3.8, 4) is 0 Å². The van der Waals surface area contributed by atoms with Crippen molar-refractivity contribution in [2.45, 2.75) is 6.92 Å². The molecule has 0 saturated carbocycles. The van der Waals surface area contributed by atoms with Crippen molar-refractivity contribution >= 4 is 34.0 Å². The van der Waals surface area contributed by atoms with E-state index in [0.29, 0.717) is 10.6 Å². The maximum Gasteiger partial charge on any atom is 0.271 e. The van der Waals surface area contributed by atoms with Crippen LogP contribution >= 0.6 is 11.6 Å². The number of nitrogens with zero attached hydrogens (tertiary/aromatic N) is 1. The number of halogens is 1. The Balaban J connectivity index is 1.86. The highest BCUT2D eigenvalue weighted by atomic mass is 35.5. The van der Waals surface area contributed by atoms with Gasteiger partial charge >= 0.3 is 0 Å². The fourth-order valence-corrected chi connectivity index (χ4v) is 2.62. The summed E-state index contributed by atoms with van der Waals surface area (Å²) in [4.78, 5) is 12.1. The summed E-state index contributed by atoms with van der Waals surface area (Å²) in [5.41, 5.74) is 4.80. The second-order valence-corrected chi connectivity index (χ2v) is 5.61. The van der Waals surface area contributed by atoms with Gasteiger partial charge in [-0.3, -0.25) is 4.79 Å². The lowest BCUT2D eigenvalue weighted by molar-refractivity contribution is 0.0955. The molecule has 114 valence electrons. The minimum Gasteiger partial charge on any atom is -0.267 e. The predicted molar refractivity (Wildman–Crippen MR) is 95.1 cm³/mol. The van der Waals surface area contributed by atoms with E-state index in [1.54, 1.807) is 24.3 Å². The van der Waals surface area contributed by atoms with Crippen molar-refractivity contribution in [3.05, 3.63) is 82.9 Å². The van der Waals surface area contributed by atoms with Gasteiger partial charge in [-0.15, -0.1) is 0 Å². The average Bonchev–Trinajstić information content (AvgIpc) is 2.59. The van der Waals surface area contributed by atoms with Crippen LogP contribution in [-0.4, -0.2) is 11.6 Å².